The summed E-state index contributed by atoms with van der Waals surface area (Å²) in [5.74, 6) is 0. The number of hydrogen-bond donors (Lipinski definition) is 1. The average Bonchev–Trinajstić information content (AvgIpc) is 1.97. The molecule has 15 heavy (non-hydrogen) atoms. The zero-order valence-electron chi connectivity index (χ0n) is 9.21. The molecule has 0 radical (unpaired) electrons. The molecule has 1 amide bonds. The Morgan fingerprint density at radius 1 is 1.53 bits per heavy atom. The van der Waals surface area contributed by atoms with Gasteiger partial charge < -0.3 is 10.0 Å². The monoisotopic (exact) mass is 212 g/mol. The zero-order chi connectivity index (χ0) is 11.6. The number of hydrogen-bond acceptors (Lipinski definition) is 2. The summed E-state index contributed by atoms with van der Waals surface area (Å²) in [5.41, 5.74) is 7.82. The van der Waals surface area contributed by atoms with Crippen molar-refractivity contribution in [1.82, 2.24) is 4.90 Å². The van der Waals surface area contributed by atoms with Gasteiger partial charge in [0.15, 0.2) is 0 Å². The van der Waals surface area contributed by atoms with Crippen LogP contribution >= 0.6 is 0 Å². The van der Waals surface area contributed by atoms with Crippen molar-refractivity contribution >= 4 is 6.09 Å². The lowest BCUT2D eigenvalue weighted by atomic mass is 9.84. The van der Waals surface area contributed by atoms with Crippen LogP contribution in [-0.2, 0) is 0 Å². The van der Waals surface area contributed by atoms with Crippen LogP contribution in [0.4, 0.5) is 4.79 Å². The highest BCUT2D eigenvalue weighted by Crippen LogP contribution is 2.32. The van der Waals surface area contributed by atoms with Crippen molar-refractivity contribution in [3.8, 4) is 0 Å². The van der Waals surface area contributed by atoms with Crippen LogP contribution in [0, 0.1) is 0 Å². The standard InChI is InChI=1S/C9H16N4O2/c1-9(2,3)13(8(14)15)7-4-6(5-7)11-12-10/h6-7H,4-5H2,1-3H3,(H,14,15). The fraction of sp³-hybridized carbons (Fsp3) is 0.889. The molecule has 0 spiro atoms. The van der Waals surface area contributed by atoms with E-state index in [1.54, 1.807) is 0 Å². The summed E-state index contributed by atoms with van der Waals surface area (Å²) >= 11 is 0. The molecule has 0 aromatic carbocycles. The van der Waals surface area contributed by atoms with E-state index in [0.717, 1.165) is 0 Å². The Hall–Kier alpha value is -1.42. The molecule has 1 fully saturated rings. The molecule has 6 nitrogen and oxygen atoms in total. The number of azide groups is 1. The smallest absolute Gasteiger partial charge is 0.407 e. The lowest BCUT2D eigenvalue weighted by Gasteiger charge is -2.46. The first-order valence-corrected chi connectivity index (χ1v) is 4.92. The van der Waals surface area contributed by atoms with Gasteiger partial charge in [-0.05, 0) is 39.1 Å². The maximum absolute atomic E-state index is 11.1. The maximum atomic E-state index is 11.1. The van der Waals surface area contributed by atoms with Gasteiger partial charge in [-0.15, -0.1) is 0 Å². The molecule has 1 aliphatic rings. The minimum Gasteiger partial charge on any atom is -0.465 e. The molecule has 84 valence electrons. The summed E-state index contributed by atoms with van der Waals surface area (Å²) in [5, 5.41) is 12.6. The van der Waals surface area contributed by atoms with Crippen molar-refractivity contribution < 1.29 is 9.90 Å². The molecule has 0 unspecified atom stereocenters. The third kappa shape index (κ3) is 2.53. The summed E-state index contributed by atoms with van der Waals surface area (Å²) in [4.78, 5) is 15.2. The number of carbonyl (C=O) groups is 1. The van der Waals surface area contributed by atoms with Crippen molar-refractivity contribution in [1.29, 1.82) is 0 Å². The Morgan fingerprint density at radius 3 is 2.40 bits per heavy atom. The molecule has 0 bridgehead atoms. The Labute approximate surface area is 88.5 Å². The van der Waals surface area contributed by atoms with Crippen LogP contribution in [0.25, 0.3) is 10.4 Å². The Bertz CT molecular complexity index is 298. The Morgan fingerprint density at radius 2 is 2.07 bits per heavy atom. The van der Waals surface area contributed by atoms with E-state index >= 15 is 0 Å². The van der Waals surface area contributed by atoms with Crippen LogP contribution < -0.4 is 0 Å². The number of nitrogens with zero attached hydrogens (tertiary/aromatic N) is 4. The zero-order valence-corrected chi connectivity index (χ0v) is 9.21. The highest BCUT2D eigenvalue weighted by atomic mass is 16.4. The van der Waals surface area contributed by atoms with Crippen LogP contribution in [0.1, 0.15) is 33.6 Å². The van der Waals surface area contributed by atoms with E-state index in [-0.39, 0.29) is 12.1 Å². The summed E-state index contributed by atoms with van der Waals surface area (Å²) in [6, 6.07) is -0.0535. The third-order valence-electron chi connectivity index (χ3n) is 2.60. The lowest BCUT2D eigenvalue weighted by molar-refractivity contribution is 0.0352. The summed E-state index contributed by atoms with van der Waals surface area (Å²) in [6.45, 7) is 5.59. The molecule has 0 aromatic heterocycles. The van der Waals surface area contributed by atoms with E-state index in [1.807, 2.05) is 20.8 Å². The highest BCUT2D eigenvalue weighted by Gasteiger charge is 2.40. The number of rotatable bonds is 2. The van der Waals surface area contributed by atoms with E-state index in [0.29, 0.717) is 12.8 Å². The van der Waals surface area contributed by atoms with Gasteiger partial charge in [-0.2, -0.15) is 0 Å². The fourth-order valence-corrected chi connectivity index (χ4v) is 1.93. The van der Waals surface area contributed by atoms with Gasteiger partial charge in [0.2, 0.25) is 0 Å². The van der Waals surface area contributed by atoms with Crippen molar-refractivity contribution in [2.45, 2.75) is 51.2 Å². The van der Waals surface area contributed by atoms with Crippen molar-refractivity contribution in [3.05, 3.63) is 10.4 Å². The Balaban J connectivity index is 2.63. The molecule has 1 aliphatic carbocycles. The second kappa shape index (κ2) is 3.98. The van der Waals surface area contributed by atoms with Gasteiger partial charge in [-0.25, -0.2) is 4.79 Å². The van der Waals surface area contributed by atoms with E-state index in [4.69, 9.17) is 10.6 Å². The minimum absolute atomic E-state index is 0.0157. The summed E-state index contributed by atoms with van der Waals surface area (Å²) in [6.07, 6.45) is 0.355. The second-order valence-electron chi connectivity index (χ2n) is 4.81. The summed E-state index contributed by atoms with van der Waals surface area (Å²) in [7, 11) is 0. The van der Waals surface area contributed by atoms with E-state index in [2.05, 4.69) is 10.0 Å². The molecule has 0 aromatic rings. The first kappa shape index (κ1) is 11.7. The number of amides is 1. The largest absolute Gasteiger partial charge is 0.465 e. The van der Waals surface area contributed by atoms with Gasteiger partial charge in [0, 0.05) is 22.5 Å². The minimum atomic E-state index is -0.910. The van der Waals surface area contributed by atoms with Gasteiger partial charge in [0.05, 0.1) is 0 Å². The molecule has 1 saturated carbocycles. The van der Waals surface area contributed by atoms with E-state index < -0.39 is 11.6 Å². The number of carboxylic acid groups (broad SMARTS) is 1. The molecule has 0 saturated heterocycles. The molecule has 6 heteroatoms. The van der Waals surface area contributed by atoms with E-state index in [1.165, 1.54) is 4.90 Å². The molecule has 0 aliphatic heterocycles. The molecule has 1 rings (SSSR count). The van der Waals surface area contributed by atoms with E-state index in [9.17, 15) is 4.79 Å². The first-order chi connectivity index (χ1) is 6.86. The Kier molecular flexibility index (Phi) is 3.09. The van der Waals surface area contributed by atoms with Crippen LogP contribution in [-0.4, -0.2) is 33.7 Å². The van der Waals surface area contributed by atoms with Crippen molar-refractivity contribution in [3.63, 3.8) is 0 Å². The van der Waals surface area contributed by atoms with Crippen molar-refractivity contribution in [2.75, 3.05) is 0 Å². The van der Waals surface area contributed by atoms with Crippen LogP contribution in [0.15, 0.2) is 5.11 Å². The molecule has 1 N–H and O–H groups in total. The second-order valence-corrected chi connectivity index (χ2v) is 4.81. The maximum Gasteiger partial charge on any atom is 0.407 e. The predicted molar refractivity (Wildman–Crippen MR) is 55.6 cm³/mol. The SMILES string of the molecule is CC(C)(C)N(C(=O)O)C1CC(N=[N+]=[N-])C1. The normalized spacial score (nSPS) is 25.0. The molecule has 0 atom stereocenters. The van der Waals surface area contributed by atoms with Crippen molar-refractivity contribution in [2.24, 2.45) is 5.11 Å². The van der Waals surface area contributed by atoms with Crippen LogP contribution in [0.5, 0.6) is 0 Å². The van der Waals surface area contributed by atoms with Gasteiger partial charge >= 0.3 is 6.09 Å². The van der Waals surface area contributed by atoms with Gasteiger partial charge in [0.25, 0.3) is 0 Å². The molecular formula is C9H16N4O2. The fourth-order valence-electron chi connectivity index (χ4n) is 1.93. The third-order valence-corrected chi connectivity index (χ3v) is 2.60. The van der Waals surface area contributed by atoms with Crippen LogP contribution in [0.2, 0.25) is 0 Å². The molecular weight excluding hydrogens is 196 g/mol. The predicted octanol–water partition coefficient (Wildman–Crippen LogP) is 2.61. The van der Waals surface area contributed by atoms with Gasteiger partial charge in [-0.3, -0.25) is 0 Å². The van der Waals surface area contributed by atoms with Crippen LogP contribution in [0.3, 0.4) is 0 Å². The lowest BCUT2D eigenvalue weighted by Crippen LogP contribution is -2.56. The highest BCUT2D eigenvalue weighted by molar-refractivity contribution is 5.66. The topological polar surface area (TPSA) is 89.3 Å². The average molecular weight is 212 g/mol. The summed E-state index contributed by atoms with van der Waals surface area (Å²) < 4.78 is 0. The van der Waals surface area contributed by atoms with Gasteiger partial charge in [0.1, 0.15) is 0 Å². The molecule has 0 heterocycles. The quantitative estimate of drug-likeness (QED) is 0.433. The van der Waals surface area contributed by atoms with Gasteiger partial charge in [-0.1, -0.05) is 5.11 Å². The first-order valence-electron chi connectivity index (χ1n) is 4.92.